The predicted octanol–water partition coefficient (Wildman–Crippen LogP) is 3.60. The van der Waals surface area contributed by atoms with Crippen LogP contribution < -0.4 is 5.32 Å². The summed E-state index contributed by atoms with van der Waals surface area (Å²) >= 11 is 5.96. The van der Waals surface area contributed by atoms with Crippen LogP contribution >= 0.6 is 11.6 Å². The van der Waals surface area contributed by atoms with Crippen LogP contribution in [0.25, 0.3) is 0 Å². The van der Waals surface area contributed by atoms with Gasteiger partial charge in [0.15, 0.2) is 0 Å². The molecule has 0 spiro atoms. The average Bonchev–Trinajstić information content (AvgIpc) is 2.59. The highest BCUT2D eigenvalue weighted by Gasteiger charge is 2.36. The fraction of sp³-hybridized carbons (Fsp3) is 0.263. The van der Waals surface area contributed by atoms with E-state index in [4.69, 9.17) is 11.6 Å². The summed E-state index contributed by atoms with van der Waals surface area (Å²) in [4.78, 5) is 24.2. The number of halogens is 1. The van der Waals surface area contributed by atoms with Crippen LogP contribution in [-0.2, 0) is 15.0 Å². The number of carboxylic acids is 1. The molecule has 126 valence electrons. The molecule has 0 bridgehead atoms. The molecule has 0 aromatic heterocycles. The summed E-state index contributed by atoms with van der Waals surface area (Å²) in [6, 6.07) is 16.0. The summed E-state index contributed by atoms with van der Waals surface area (Å²) in [6.45, 7) is 3.38. The monoisotopic (exact) mass is 345 g/mol. The van der Waals surface area contributed by atoms with Crippen LogP contribution in [0, 0.1) is 0 Å². The van der Waals surface area contributed by atoms with E-state index >= 15 is 0 Å². The van der Waals surface area contributed by atoms with Gasteiger partial charge in [0.25, 0.3) is 0 Å². The second-order valence-corrected chi connectivity index (χ2v) is 6.43. The van der Waals surface area contributed by atoms with Crippen LogP contribution in [0.1, 0.15) is 30.9 Å². The van der Waals surface area contributed by atoms with Crippen molar-refractivity contribution in [2.75, 3.05) is 6.54 Å². The molecule has 4 nitrogen and oxygen atoms in total. The fourth-order valence-corrected chi connectivity index (χ4v) is 2.65. The highest BCUT2D eigenvalue weighted by Crippen LogP contribution is 2.24. The van der Waals surface area contributed by atoms with Crippen LogP contribution in [0.4, 0.5) is 0 Å². The first-order chi connectivity index (χ1) is 11.3. The molecule has 0 aliphatic rings. The molecular formula is C19H20ClNO3. The number of carbonyl (C=O) groups excluding carboxylic acids is 1. The summed E-state index contributed by atoms with van der Waals surface area (Å²) in [5, 5.41) is 12.9. The molecule has 2 aromatic carbocycles. The molecule has 0 aliphatic heterocycles. The van der Waals surface area contributed by atoms with Gasteiger partial charge in [-0.15, -0.1) is 0 Å². The lowest BCUT2D eigenvalue weighted by Gasteiger charge is -2.26. The molecule has 2 rings (SSSR count). The van der Waals surface area contributed by atoms with Gasteiger partial charge >= 0.3 is 5.97 Å². The van der Waals surface area contributed by atoms with Gasteiger partial charge in [0.1, 0.15) is 5.41 Å². The Hall–Kier alpha value is -2.33. The second kappa shape index (κ2) is 7.49. The van der Waals surface area contributed by atoms with E-state index in [1.807, 2.05) is 12.1 Å². The number of hydrogen-bond donors (Lipinski definition) is 2. The van der Waals surface area contributed by atoms with E-state index in [0.29, 0.717) is 10.6 Å². The zero-order valence-corrected chi connectivity index (χ0v) is 14.4. The van der Waals surface area contributed by atoms with Crippen molar-refractivity contribution in [2.24, 2.45) is 0 Å². The Morgan fingerprint density at radius 2 is 1.83 bits per heavy atom. The highest BCUT2D eigenvalue weighted by atomic mass is 35.5. The molecule has 0 saturated heterocycles. The molecule has 2 unspecified atom stereocenters. The predicted molar refractivity (Wildman–Crippen MR) is 94.3 cm³/mol. The zero-order chi connectivity index (χ0) is 17.7. The molecule has 0 radical (unpaired) electrons. The number of rotatable bonds is 6. The number of nitrogens with one attached hydrogen (secondary N) is 1. The smallest absolute Gasteiger partial charge is 0.315 e. The maximum absolute atomic E-state index is 12.4. The van der Waals surface area contributed by atoms with Gasteiger partial charge in [0, 0.05) is 11.6 Å². The van der Waals surface area contributed by atoms with E-state index in [-0.39, 0.29) is 12.5 Å². The molecular weight excluding hydrogens is 326 g/mol. The largest absolute Gasteiger partial charge is 0.481 e. The fourth-order valence-electron chi connectivity index (χ4n) is 2.45. The van der Waals surface area contributed by atoms with Crippen molar-refractivity contribution in [1.82, 2.24) is 5.32 Å². The van der Waals surface area contributed by atoms with Crippen LogP contribution in [0.15, 0.2) is 54.6 Å². The number of amides is 1. The first kappa shape index (κ1) is 18.0. The molecule has 5 heteroatoms. The van der Waals surface area contributed by atoms with Gasteiger partial charge in [-0.05, 0) is 37.1 Å². The Labute approximate surface area is 146 Å². The minimum atomic E-state index is -1.19. The molecule has 0 fully saturated rings. The number of carbonyl (C=O) groups is 2. The maximum atomic E-state index is 12.4. The Kier molecular flexibility index (Phi) is 5.62. The Bertz CT molecular complexity index is 732. The molecule has 0 saturated carbocycles. The van der Waals surface area contributed by atoms with E-state index in [9.17, 15) is 14.7 Å². The number of hydrogen-bond acceptors (Lipinski definition) is 2. The van der Waals surface area contributed by atoms with Gasteiger partial charge in [-0.1, -0.05) is 54.1 Å². The highest BCUT2D eigenvalue weighted by molar-refractivity contribution is 6.30. The summed E-state index contributed by atoms with van der Waals surface area (Å²) in [5.74, 6) is -1.64. The first-order valence-electron chi connectivity index (χ1n) is 7.66. The summed E-state index contributed by atoms with van der Waals surface area (Å²) in [5.41, 5.74) is 0.246. The average molecular weight is 346 g/mol. The topological polar surface area (TPSA) is 66.4 Å². The third-order valence-corrected chi connectivity index (χ3v) is 4.48. The van der Waals surface area contributed by atoms with Crippen molar-refractivity contribution < 1.29 is 14.7 Å². The lowest BCUT2D eigenvalue weighted by Crippen LogP contribution is -2.45. The SMILES string of the molecule is CC(C(=O)NCC(C)(C(=O)O)c1ccccc1)c1cccc(Cl)c1. The number of aliphatic carboxylic acids is 1. The third-order valence-electron chi connectivity index (χ3n) is 4.24. The van der Waals surface area contributed by atoms with Crippen molar-refractivity contribution in [3.05, 3.63) is 70.7 Å². The van der Waals surface area contributed by atoms with Crippen molar-refractivity contribution in [3.63, 3.8) is 0 Å². The van der Waals surface area contributed by atoms with Crippen LogP contribution in [0.3, 0.4) is 0 Å². The summed E-state index contributed by atoms with van der Waals surface area (Å²) in [6.07, 6.45) is 0. The minimum absolute atomic E-state index is 0.0100. The minimum Gasteiger partial charge on any atom is -0.481 e. The van der Waals surface area contributed by atoms with Gasteiger partial charge in [-0.25, -0.2) is 0 Å². The Morgan fingerprint density at radius 3 is 2.42 bits per heavy atom. The molecule has 2 N–H and O–H groups in total. The molecule has 2 aromatic rings. The Balaban J connectivity index is 2.12. The van der Waals surface area contributed by atoms with Gasteiger partial charge in [-0.2, -0.15) is 0 Å². The van der Waals surface area contributed by atoms with Gasteiger partial charge in [0.2, 0.25) is 5.91 Å². The maximum Gasteiger partial charge on any atom is 0.315 e. The normalized spacial score (nSPS) is 14.5. The van der Waals surface area contributed by atoms with Crippen LogP contribution in [0.5, 0.6) is 0 Å². The third kappa shape index (κ3) is 3.95. The molecule has 2 atom stereocenters. The lowest BCUT2D eigenvalue weighted by atomic mass is 9.82. The van der Waals surface area contributed by atoms with Gasteiger partial charge in [-0.3, -0.25) is 9.59 Å². The van der Waals surface area contributed by atoms with Crippen molar-refractivity contribution >= 4 is 23.5 Å². The quantitative estimate of drug-likeness (QED) is 0.840. The van der Waals surface area contributed by atoms with E-state index in [2.05, 4.69) is 5.32 Å². The summed E-state index contributed by atoms with van der Waals surface area (Å²) in [7, 11) is 0. The van der Waals surface area contributed by atoms with Crippen molar-refractivity contribution in [2.45, 2.75) is 25.2 Å². The van der Waals surface area contributed by atoms with Crippen molar-refractivity contribution in [3.8, 4) is 0 Å². The van der Waals surface area contributed by atoms with E-state index in [1.54, 1.807) is 56.3 Å². The van der Waals surface area contributed by atoms with E-state index < -0.39 is 17.3 Å². The number of benzene rings is 2. The molecule has 0 heterocycles. The summed E-state index contributed by atoms with van der Waals surface area (Å²) < 4.78 is 0. The van der Waals surface area contributed by atoms with Crippen LogP contribution in [-0.4, -0.2) is 23.5 Å². The lowest BCUT2D eigenvalue weighted by molar-refractivity contribution is -0.143. The first-order valence-corrected chi connectivity index (χ1v) is 8.04. The Morgan fingerprint density at radius 1 is 1.17 bits per heavy atom. The van der Waals surface area contributed by atoms with Crippen molar-refractivity contribution in [1.29, 1.82) is 0 Å². The van der Waals surface area contributed by atoms with Gasteiger partial charge < -0.3 is 10.4 Å². The molecule has 24 heavy (non-hydrogen) atoms. The molecule has 1 amide bonds. The second-order valence-electron chi connectivity index (χ2n) is 6.00. The van der Waals surface area contributed by atoms with E-state index in [1.165, 1.54) is 0 Å². The standard InChI is InChI=1S/C19H20ClNO3/c1-13(14-7-6-10-16(20)11-14)17(22)21-12-19(2,18(23)24)15-8-4-3-5-9-15/h3-11,13H,12H2,1-2H3,(H,21,22)(H,23,24). The number of carboxylic acid groups (broad SMARTS) is 1. The van der Waals surface area contributed by atoms with Gasteiger partial charge in [0.05, 0.1) is 5.92 Å². The zero-order valence-electron chi connectivity index (χ0n) is 13.6. The molecule has 0 aliphatic carbocycles. The van der Waals surface area contributed by atoms with Crippen LogP contribution in [0.2, 0.25) is 5.02 Å². The van der Waals surface area contributed by atoms with E-state index in [0.717, 1.165) is 5.56 Å².